The summed E-state index contributed by atoms with van der Waals surface area (Å²) in [4.78, 5) is 12.0. The Hall–Kier alpha value is -0.620. The highest BCUT2D eigenvalue weighted by molar-refractivity contribution is 14.1. The minimum atomic E-state index is 0.0527. The van der Waals surface area contributed by atoms with Gasteiger partial charge in [-0.3, -0.25) is 4.79 Å². The Morgan fingerprint density at radius 1 is 1.31 bits per heavy atom. The molecule has 1 aliphatic heterocycles. The van der Waals surface area contributed by atoms with E-state index in [1.807, 2.05) is 24.3 Å². The number of carbonyl (C=O) groups excluding carboxylic acids is 1. The van der Waals surface area contributed by atoms with Crippen molar-refractivity contribution in [1.82, 2.24) is 10.6 Å². The Balaban J connectivity index is 2.00. The van der Waals surface area contributed by atoms with Crippen molar-refractivity contribution in [2.24, 2.45) is 0 Å². The summed E-state index contributed by atoms with van der Waals surface area (Å²) >= 11 is 2.20. The summed E-state index contributed by atoms with van der Waals surface area (Å²) in [6.45, 7) is 1.99. The maximum Gasteiger partial charge on any atom is 0.252 e. The largest absolute Gasteiger partial charge is 0.349 e. The number of amides is 1. The highest BCUT2D eigenvalue weighted by atomic mass is 127. The standard InChI is InChI=1S/C12H15IN2O/c13-11-4-2-1-3-10(11)12(16)15-9-5-7-14-8-6-9/h1-4,9,14H,5-8H2,(H,15,16). The van der Waals surface area contributed by atoms with Gasteiger partial charge in [-0.15, -0.1) is 0 Å². The molecule has 1 amide bonds. The first kappa shape index (κ1) is 11.9. The minimum absolute atomic E-state index is 0.0527. The zero-order valence-electron chi connectivity index (χ0n) is 9.00. The molecule has 0 saturated carbocycles. The number of rotatable bonds is 2. The molecule has 1 aromatic rings. The van der Waals surface area contributed by atoms with Crippen molar-refractivity contribution in [2.45, 2.75) is 18.9 Å². The summed E-state index contributed by atoms with van der Waals surface area (Å²) in [7, 11) is 0. The van der Waals surface area contributed by atoms with E-state index in [0.717, 1.165) is 35.1 Å². The van der Waals surface area contributed by atoms with E-state index in [1.165, 1.54) is 0 Å². The maximum absolute atomic E-state index is 12.0. The highest BCUT2D eigenvalue weighted by Crippen LogP contribution is 2.12. The summed E-state index contributed by atoms with van der Waals surface area (Å²) in [5.41, 5.74) is 0.779. The Morgan fingerprint density at radius 3 is 2.69 bits per heavy atom. The molecule has 0 bridgehead atoms. The maximum atomic E-state index is 12.0. The molecule has 1 saturated heterocycles. The smallest absolute Gasteiger partial charge is 0.252 e. The summed E-state index contributed by atoms with van der Waals surface area (Å²) < 4.78 is 1.01. The third-order valence-corrected chi connectivity index (χ3v) is 3.73. The van der Waals surface area contributed by atoms with E-state index in [1.54, 1.807) is 0 Å². The van der Waals surface area contributed by atoms with Gasteiger partial charge in [-0.2, -0.15) is 0 Å². The van der Waals surface area contributed by atoms with Crippen molar-refractivity contribution in [3.63, 3.8) is 0 Å². The molecule has 1 fully saturated rings. The minimum Gasteiger partial charge on any atom is -0.349 e. The molecule has 0 aliphatic carbocycles. The van der Waals surface area contributed by atoms with Crippen LogP contribution in [0, 0.1) is 3.57 Å². The monoisotopic (exact) mass is 330 g/mol. The summed E-state index contributed by atoms with van der Waals surface area (Å²) in [5.74, 6) is 0.0527. The molecule has 0 spiro atoms. The number of hydrogen-bond acceptors (Lipinski definition) is 2. The summed E-state index contributed by atoms with van der Waals surface area (Å²) in [6, 6.07) is 8.00. The van der Waals surface area contributed by atoms with E-state index in [-0.39, 0.29) is 5.91 Å². The molecule has 2 rings (SSSR count). The van der Waals surface area contributed by atoms with Crippen LogP contribution in [0.3, 0.4) is 0 Å². The van der Waals surface area contributed by atoms with Gasteiger partial charge in [-0.05, 0) is 60.7 Å². The lowest BCUT2D eigenvalue weighted by Crippen LogP contribution is -2.42. The molecular weight excluding hydrogens is 315 g/mol. The SMILES string of the molecule is O=C(NC1CCNCC1)c1ccccc1I. The van der Waals surface area contributed by atoms with Crippen LogP contribution in [0.15, 0.2) is 24.3 Å². The fourth-order valence-corrected chi connectivity index (χ4v) is 2.51. The first-order valence-electron chi connectivity index (χ1n) is 5.53. The lowest BCUT2D eigenvalue weighted by molar-refractivity contribution is 0.0928. The van der Waals surface area contributed by atoms with Crippen molar-refractivity contribution in [3.8, 4) is 0 Å². The molecule has 16 heavy (non-hydrogen) atoms. The number of nitrogens with one attached hydrogen (secondary N) is 2. The van der Waals surface area contributed by atoms with Crippen molar-refractivity contribution >= 4 is 28.5 Å². The van der Waals surface area contributed by atoms with Crippen LogP contribution in [0.4, 0.5) is 0 Å². The molecule has 1 aliphatic rings. The topological polar surface area (TPSA) is 41.1 Å². The normalized spacial score (nSPS) is 17.1. The van der Waals surface area contributed by atoms with E-state index < -0.39 is 0 Å². The van der Waals surface area contributed by atoms with Gasteiger partial charge < -0.3 is 10.6 Å². The lowest BCUT2D eigenvalue weighted by Gasteiger charge is -2.23. The molecule has 0 unspecified atom stereocenters. The van der Waals surface area contributed by atoms with Crippen LogP contribution in [0.25, 0.3) is 0 Å². The first-order valence-corrected chi connectivity index (χ1v) is 6.61. The fraction of sp³-hybridized carbons (Fsp3) is 0.417. The lowest BCUT2D eigenvalue weighted by atomic mass is 10.1. The zero-order valence-corrected chi connectivity index (χ0v) is 11.2. The number of halogens is 1. The van der Waals surface area contributed by atoms with E-state index in [9.17, 15) is 4.79 Å². The van der Waals surface area contributed by atoms with Crippen molar-refractivity contribution in [3.05, 3.63) is 33.4 Å². The predicted molar refractivity (Wildman–Crippen MR) is 72.5 cm³/mol. The number of benzene rings is 1. The van der Waals surface area contributed by atoms with Crippen LogP contribution in [-0.4, -0.2) is 25.0 Å². The third-order valence-electron chi connectivity index (χ3n) is 2.79. The Labute approximate surface area is 109 Å². The van der Waals surface area contributed by atoms with Crippen LogP contribution < -0.4 is 10.6 Å². The van der Waals surface area contributed by atoms with Gasteiger partial charge in [0, 0.05) is 9.61 Å². The molecule has 3 nitrogen and oxygen atoms in total. The first-order chi connectivity index (χ1) is 7.77. The molecule has 4 heteroatoms. The second-order valence-corrected chi connectivity index (χ2v) is 5.14. The third kappa shape index (κ3) is 2.95. The molecule has 1 heterocycles. The molecular formula is C12H15IN2O. The Kier molecular flexibility index (Phi) is 4.17. The van der Waals surface area contributed by atoms with Gasteiger partial charge >= 0.3 is 0 Å². The van der Waals surface area contributed by atoms with Gasteiger partial charge in [-0.25, -0.2) is 0 Å². The number of piperidine rings is 1. The molecule has 0 atom stereocenters. The van der Waals surface area contributed by atoms with Gasteiger partial charge in [-0.1, -0.05) is 12.1 Å². The molecule has 86 valence electrons. The predicted octanol–water partition coefficient (Wildman–Crippen LogP) is 1.77. The quantitative estimate of drug-likeness (QED) is 0.812. The zero-order chi connectivity index (χ0) is 11.4. The van der Waals surface area contributed by atoms with E-state index in [2.05, 4.69) is 33.2 Å². The van der Waals surface area contributed by atoms with Gasteiger partial charge in [0.1, 0.15) is 0 Å². The molecule has 1 aromatic carbocycles. The van der Waals surface area contributed by atoms with E-state index in [4.69, 9.17) is 0 Å². The van der Waals surface area contributed by atoms with Gasteiger partial charge in [0.05, 0.1) is 5.56 Å². The second-order valence-electron chi connectivity index (χ2n) is 3.98. The van der Waals surface area contributed by atoms with Crippen LogP contribution in [0.1, 0.15) is 23.2 Å². The van der Waals surface area contributed by atoms with Crippen LogP contribution >= 0.6 is 22.6 Å². The Morgan fingerprint density at radius 2 is 2.00 bits per heavy atom. The highest BCUT2D eigenvalue weighted by Gasteiger charge is 2.17. The average molecular weight is 330 g/mol. The molecule has 0 aromatic heterocycles. The number of hydrogen-bond donors (Lipinski definition) is 2. The summed E-state index contributed by atoms with van der Waals surface area (Å²) in [5, 5.41) is 6.38. The fourth-order valence-electron chi connectivity index (χ4n) is 1.87. The van der Waals surface area contributed by atoms with E-state index >= 15 is 0 Å². The van der Waals surface area contributed by atoms with E-state index in [0.29, 0.717) is 6.04 Å². The second kappa shape index (κ2) is 5.63. The average Bonchev–Trinajstić information content (AvgIpc) is 2.31. The summed E-state index contributed by atoms with van der Waals surface area (Å²) in [6.07, 6.45) is 2.05. The van der Waals surface area contributed by atoms with Crippen LogP contribution in [0.5, 0.6) is 0 Å². The Bertz CT molecular complexity index is 375. The van der Waals surface area contributed by atoms with Crippen molar-refractivity contribution < 1.29 is 4.79 Å². The molecule has 2 N–H and O–H groups in total. The molecule has 0 radical (unpaired) electrons. The van der Waals surface area contributed by atoms with Crippen molar-refractivity contribution in [1.29, 1.82) is 0 Å². The van der Waals surface area contributed by atoms with Gasteiger partial charge in [0.15, 0.2) is 0 Å². The van der Waals surface area contributed by atoms with Gasteiger partial charge in [0.25, 0.3) is 5.91 Å². The number of carbonyl (C=O) groups is 1. The van der Waals surface area contributed by atoms with Crippen molar-refractivity contribution in [2.75, 3.05) is 13.1 Å². The van der Waals surface area contributed by atoms with Gasteiger partial charge in [0.2, 0.25) is 0 Å². The van der Waals surface area contributed by atoms with Crippen LogP contribution in [-0.2, 0) is 0 Å². The van der Waals surface area contributed by atoms with Crippen LogP contribution in [0.2, 0.25) is 0 Å².